The summed E-state index contributed by atoms with van der Waals surface area (Å²) < 4.78 is 22.7. The lowest BCUT2D eigenvalue weighted by atomic mass is 10.2. The number of oxazole rings is 2. The van der Waals surface area contributed by atoms with E-state index in [1.807, 2.05) is 306 Å². The van der Waals surface area contributed by atoms with Gasteiger partial charge in [0.1, 0.15) is 23.5 Å². The fourth-order valence-corrected chi connectivity index (χ4v) is 5.82. The second kappa shape index (κ2) is 113. The van der Waals surface area contributed by atoms with Gasteiger partial charge in [-0.25, -0.2) is 19.3 Å². The molecule has 556 valence electrons. The molecule has 0 radical (unpaired) electrons. The smallest absolute Gasteiger partial charge is 0.190 e. The maximum absolute atomic E-state index is 4.83. The Bertz CT molecular complexity index is 2160. The summed E-state index contributed by atoms with van der Waals surface area (Å²) in [4.78, 5) is 28.8. The summed E-state index contributed by atoms with van der Waals surface area (Å²) in [7, 11) is 0. The maximum atomic E-state index is 4.83. The van der Waals surface area contributed by atoms with Crippen molar-refractivity contribution in [3.8, 4) is 0 Å². The van der Waals surface area contributed by atoms with Gasteiger partial charge in [-0.15, -0.1) is 34.0 Å². The molecule has 11 heterocycles. The molecule has 0 aliphatic heterocycles. The van der Waals surface area contributed by atoms with Crippen LogP contribution in [0.15, 0.2) is 200 Å². The van der Waals surface area contributed by atoms with Crippen LogP contribution in [0.1, 0.15) is 232 Å². The van der Waals surface area contributed by atoms with Crippen LogP contribution >= 0.6 is 45.5 Å². The van der Waals surface area contributed by atoms with Gasteiger partial charge in [-0.05, 0) is 136 Å². The van der Waals surface area contributed by atoms with E-state index in [4.69, 9.17) is 13.3 Å². The summed E-state index contributed by atoms with van der Waals surface area (Å²) in [6.07, 6.45) is 22.1. The summed E-state index contributed by atoms with van der Waals surface area (Å²) in [5, 5.41) is 15.1. The number of thiazole rings is 2. The first-order valence-corrected chi connectivity index (χ1v) is 37.8. The zero-order chi connectivity index (χ0) is 77.6. The molecule has 0 saturated carbocycles. The molecular formula is C78H141N11O4S4. The van der Waals surface area contributed by atoms with E-state index in [0.29, 0.717) is 0 Å². The molecule has 12 rings (SSSR count). The third-order valence-electron chi connectivity index (χ3n) is 7.65. The molecule has 0 bridgehead atoms. The van der Waals surface area contributed by atoms with Crippen LogP contribution in [0.3, 0.4) is 0 Å². The highest BCUT2D eigenvalue weighted by Gasteiger charge is 1.82. The monoisotopic (exact) mass is 1420 g/mol. The van der Waals surface area contributed by atoms with Crippen LogP contribution in [-0.4, -0.2) is 54.6 Å². The summed E-state index contributed by atoms with van der Waals surface area (Å²) in [5.74, 6) is 3.40. The minimum Gasteiger partial charge on any atom is -0.470 e. The van der Waals surface area contributed by atoms with Crippen molar-refractivity contribution in [3.05, 3.63) is 248 Å². The zero-order valence-corrected chi connectivity index (χ0v) is 70.9. The third kappa shape index (κ3) is 110. The number of aromatic nitrogens is 11. The molecule has 0 atom stereocenters. The van der Waals surface area contributed by atoms with Gasteiger partial charge in [0.2, 0.25) is 0 Å². The quantitative estimate of drug-likeness (QED) is 0.130. The number of hydrogen-bond acceptors (Lipinski definition) is 16. The summed E-state index contributed by atoms with van der Waals surface area (Å²) in [5.41, 5.74) is 6.58. The Hall–Kier alpha value is -7.58. The maximum Gasteiger partial charge on any atom is 0.190 e. The molecule has 0 amide bonds. The van der Waals surface area contributed by atoms with E-state index in [1.54, 1.807) is 109 Å². The van der Waals surface area contributed by atoms with Gasteiger partial charge in [0.25, 0.3) is 0 Å². The van der Waals surface area contributed by atoms with E-state index >= 15 is 0 Å². The predicted molar refractivity (Wildman–Crippen MR) is 436 cm³/mol. The average Bonchev–Trinajstić information content (AvgIpc) is 4.66. The lowest BCUT2D eigenvalue weighted by Crippen LogP contribution is -1.65. The number of rotatable bonds is 0. The molecule has 12 aromatic rings. The van der Waals surface area contributed by atoms with Crippen molar-refractivity contribution in [1.29, 1.82) is 0 Å². The van der Waals surface area contributed by atoms with Gasteiger partial charge in [-0.3, -0.25) is 15.1 Å². The van der Waals surface area contributed by atoms with Gasteiger partial charge < -0.3 is 27.7 Å². The number of nitrogens with one attached hydrogen (secondary N) is 3. The normalized spacial score (nSPS) is 7.38. The highest BCUT2D eigenvalue weighted by Crippen LogP contribution is 2.04. The Balaban J connectivity index is -0.0000000790. The van der Waals surface area contributed by atoms with Crippen molar-refractivity contribution in [1.82, 2.24) is 54.6 Å². The van der Waals surface area contributed by atoms with Crippen LogP contribution in [0.5, 0.6) is 0 Å². The molecule has 0 fully saturated rings. The average molecular weight is 1430 g/mol. The molecule has 0 aliphatic carbocycles. The Kier molecular flexibility index (Phi) is 136. The van der Waals surface area contributed by atoms with Crippen LogP contribution < -0.4 is 0 Å². The molecule has 19 heteroatoms. The van der Waals surface area contributed by atoms with Crippen molar-refractivity contribution in [3.63, 3.8) is 0 Å². The SMILES string of the molecule is CC.CC.CC.CC.CC.CC.CC.CC.CC.CC.CC.CC.Cc1ccc[nH]1.Cc1ccccc1.Cc1ccco1.Cc1cccs1.Cc1ccn[nH]1.Cc1ccno1.Cc1ccns1.Cc1cnc[nH]1.Cc1cnco1.Cc1cncs1.Cc1ncco1.Cc1nccs1. The molecule has 0 aliphatic rings. The van der Waals surface area contributed by atoms with Crippen LogP contribution in [0.2, 0.25) is 0 Å². The topological polar surface area (TPSA) is 203 Å². The fourth-order valence-electron chi connectivity index (χ4n) is 4.03. The largest absolute Gasteiger partial charge is 0.470 e. The first-order chi connectivity index (χ1) is 47.2. The number of benzene rings is 1. The first kappa shape index (κ1) is 117. The molecule has 97 heavy (non-hydrogen) atoms. The van der Waals surface area contributed by atoms with Gasteiger partial charge in [0.15, 0.2) is 12.3 Å². The lowest BCUT2D eigenvalue weighted by molar-refractivity contribution is 0.397. The first-order valence-electron chi connectivity index (χ1n) is 34.4. The predicted octanol–water partition coefficient (Wildman–Crippen LogP) is 28.0. The van der Waals surface area contributed by atoms with E-state index in [9.17, 15) is 0 Å². The van der Waals surface area contributed by atoms with Gasteiger partial charge in [-0.1, -0.05) is 213 Å². The minimum atomic E-state index is 0.718. The van der Waals surface area contributed by atoms with Crippen LogP contribution in [0.25, 0.3) is 0 Å². The zero-order valence-electron chi connectivity index (χ0n) is 67.7. The Labute approximate surface area is 611 Å². The Morgan fingerprint density at radius 3 is 1.11 bits per heavy atom. The second-order valence-corrected chi connectivity index (χ2v) is 18.9. The molecule has 15 nitrogen and oxygen atoms in total. The van der Waals surface area contributed by atoms with Crippen molar-refractivity contribution in [2.75, 3.05) is 0 Å². The number of aromatic amines is 3. The number of aryl methyl sites for hydroxylation is 12. The van der Waals surface area contributed by atoms with E-state index in [-0.39, 0.29) is 0 Å². The van der Waals surface area contributed by atoms with Gasteiger partial charge in [-0.2, -0.15) is 5.10 Å². The van der Waals surface area contributed by atoms with Crippen molar-refractivity contribution < 1.29 is 17.8 Å². The number of H-pyrrole nitrogens is 3. The molecule has 11 aromatic heterocycles. The highest BCUT2D eigenvalue weighted by molar-refractivity contribution is 7.10. The fraction of sp³-hybridized carbons (Fsp3) is 0.462. The van der Waals surface area contributed by atoms with Gasteiger partial charge in [0, 0.05) is 87.3 Å². The van der Waals surface area contributed by atoms with E-state index in [1.165, 1.54) is 43.8 Å². The standard InChI is InChI=1S/C7H8.C5H7N.C5H6O.C5H6S.2C4H6N2.3C4H5NO.3C4H5NS.12C2H6/c1-7-5-3-2-4-6-7;3*1-5-3-2-4-6-5;1-4-2-5-3-6-4;1-4-2-3-5-6-4;1-4-2-5-3-6-4;1-4-5-2-3-6-4;1-4-2-3-5-6-4;1-4-2-5-3-6-4;1-4-5-2-3-6-4;1-4-2-3-5-6-4;12*1-2/h2-6H,1H3;2-4,6H,1H3;2*2-4H,1H3;2*2-3H,1H3,(H,5,6);6*2-3H,1H3;12*1-2H3. The van der Waals surface area contributed by atoms with Crippen LogP contribution in [-0.2, 0) is 0 Å². The summed E-state index contributed by atoms with van der Waals surface area (Å²) >= 11 is 6.64. The Morgan fingerprint density at radius 1 is 0.371 bits per heavy atom. The molecule has 0 spiro atoms. The Morgan fingerprint density at radius 2 is 0.979 bits per heavy atom. The third-order valence-corrected chi connectivity index (χ3v) is 10.5. The number of imidazole rings is 1. The molecule has 0 saturated heterocycles. The van der Waals surface area contributed by atoms with Gasteiger partial charge in [0.05, 0.1) is 41.7 Å². The number of furan rings is 1. The minimum absolute atomic E-state index is 0.718. The molecule has 1 aromatic carbocycles. The molecular weight excluding hydrogens is 1280 g/mol. The van der Waals surface area contributed by atoms with E-state index < -0.39 is 0 Å². The van der Waals surface area contributed by atoms with E-state index in [0.717, 1.165) is 39.6 Å². The summed E-state index contributed by atoms with van der Waals surface area (Å²) in [6, 6.07) is 27.9. The van der Waals surface area contributed by atoms with E-state index in [2.05, 4.69) is 103 Å². The number of hydrogen-bond donors (Lipinski definition) is 3. The van der Waals surface area contributed by atoms with Crippen LogP contribution in [0.4, 0.5) is 0 Å². The highest BCUT2D eigenvalue weighted by atomic mass is 32.1. The number of nitrogens with zero attached hydrogens (tertiary/aromatic N) is 8. The molecule has 0 unspecified atom stereocenters. The van der Waals surface area contributed by atoms with Crippen molar-refractivity contribution in [2.45, 2.75) is 249 Å². The molecule has 3 N–H and O–H groups in total. The second-order valence-electron chi connectivity index (χ2n) is 14.5. The van der Waals surface area contributed by atoms with Gasteiger partial charge >= 0.3 is 0 Å². The van der Waals surface area contributed by atoms with Crippen molar-refractivity contribution >= 4 is 45.5 Å². The van der Waals surface area contributed by atoms with Crippen molar-refractivity contribution in [2.24, 2.45) is 0 Å². The summed E-state index contributed by atoms with van der Waals surface area (Å²) in [6.45, 7) is 71.6. The lowest BCUT2D eigenvalue weighted by Gasteiger charge is -1.82. The number of thiophene rings is 1. The van der Waals surface area contributed by atoms with Crippen LogP contribution in [0, 0.1) is 83.1 Å².